The van der Waals surface area contributed by atoms with Crippen molar-refractivity contribution in [2.45, 2.75) is 0 Å². The zero-order chi connectivity index (χ0) is 16.6. The predicted molar refractivity (Wildman–Crippen MR) is 88.6 cm³/mol. The third-order valence-electron chi connectivity index (χ3n) is 3.20. The lowest BCUT2D eigenvalue weighted by Crippen LogP contribution is -2.00. The first-order valence-electron chi connectivity index (χ1n) is 6.51. The number of nitrogens with zero attached hydrogens (tertiary/aromatic N) is 2. The second-order valence-electron chi connectivity index (χ2n) is 4.68. The van der Waals surface area contributed by atoms with E-state index in [4.69, 9.17) is 11.6 Å². The van der Waals surface area contributed by atoms with Gasteiger partial charge in [0.05, 0.1) is 5.56 Å². The molecule has 0 amide bonds. The lowest BCUT2D eigenvalue weighted by Gasteiger charge is -2.10. The average molecular weight is 396 g/mol. The van der Waals surface area contributed by atoms with Crippen molar-refractivity contribution >= 4 is 33.5 Å². The number of benzene rings is 2. The number of imidazole rings is 1. The lowest BCUT2D eigenvalue weighted by atomic mass is 10.2. The smallest absolute Gasteiger partial charge is 0.357 e. The van der Waals surface area contributed by atoms with Crippen LogP contribution >= 0.6 is 27.5 Å². The van der Waals surface area contributed by atoms with Crippen LogP contribution in [0.25, 0.3) is 17.1 Å². The molecule has 0 atom stereocenters. The first kappa shape index (κ1) is 15.7. The largest absolute Gasteiger partial charge is 0.476 e. The SMILES string of the molecule is O=C(O)c1nc(-c2ccccc2F)n(-c2cccc(Cl)c2)c1Br. The molecule has 0 radical (unpaired) electrons. The highest BCUT2D eigenvalue weighted by Crippen LogP contribution is 2.32. The number of hydrogen-bond acceptors (Lipinski definition) is 2. The normalized spacial score (nSPS) is 10.7. The second kappa shape index (κ2) is 6.14. The molecule has 0 aliphatic heterocycles. The number of rotatable bonds is 3. The Hall–Kier alpha value is -2.18. The molecular formula is C16H9BrClFN2O2. The van der Waals surface area contributed by atoms with Gasteiger partial charge in [0, 0.05) is 10.7 Å². The molecule has 0 spiro atoms. The van der Waals surface area contributed by atoms with Crippen LogP contribution in [0.3, 0.4) is 0 Å². The van der Waals surface area contributed by atoms with Gasteiger partial charge in [-0.15, -0.1) is 0 Å². The van der Waals surface area contributed by atoms with Gasteiger partial charge in [-0.05, 0) is 46.3 Å². The van der Waals surface area contributed by atoms with E-state index in [2.05, 4.69) is 20.9 Å². The summed E-state index contributed by atoms with van der Waals surface area (Å²) in [7, 11) is 0. The molecule has 1 N–H and O–H groups in total. The third kappa shape index (κ3) is 2.87. The highest BCUT2D eigenvalue weighted by Gasteiger charge is 2.23. The van der Waals surface area contributed by atoms with Gasteiger partial charge in [-0.1, -0.05) is 29.8 Å². The fourth-order valence-electron chi connectivity index (χ4n) is 2.21. The van der Waals surface area contributed by atoms with Crippen molar-refractivity contribution in [1.29, 1.82) is 0 Å². The fraction of sp³-hybridized carbons (Fsp3) is 0. The van der Waals surface area contributed by atoms with E-state index in [9.17, 15) is 14.3 Å². The molecule has 7 heteroatoms. The molecule has 3 aromatic rings. The molecule has 23 heavy (non-hydrogen) atoms. The van der Waals surface area contributed by atoms with Gasteiger partial charge in [-0.25, -0.2) is 14.2 Å². The van der Waals surface area contributed by atoms with Gasteiger partial charge < -0.3 is 5.11 Å². The van der Waals surface area contributed by atoms with Gasteiger partial charge in [0.2, 0.25) is 0 Å². The van der Waals surface area contributed by atoms with E-state index < -0.39 is 11.8 Å². The minimum absolute atomic E-state index is 0.176. The van der Waals surface area contributed by atoms with Crippen molar-refractivity contribution in [3.05, 3.63) is 69.7 Å². The van der Waals surface area contributed by atoms with Gasteiger partial charge in [0.1, 0.15) is 16.2 Å². The predicted octanol–water partition coefficient (Wildman–Crippen LogP) is 4.79. The van der Waals surface area contributed by atoms with E-state index >= 15 is 0 Å². The van der Waals surface area contributed by atoms with Crippen LogP contribution in [-0.4, -0.2) is 20.6 Å². The van der Waals surface area contributed by atoms with Crippen LogP contribution in [0.15, 0.2) is 53.1 Å². The van der Waals surface area contributed by atoms with Crippen molar-refractivity contribution in [2.75, 3.05) is 0 Å². The molecule has 2 aromatic carbocycles. The number of carboxylic acid groups (broad SMARTS) is 1. The Morgan fingerprint density at radius 1 is 1.22 bits per heavy atom. The maximum absolute atomic E-state index is 14.2. The number of hydrogen-bond donors (Lipinski definition) is 1. The zero-order valence-corrected chi connectivity index (χ0v) is 13.8. The summed E-state index contributed by atoms with van der Waals surface area (Å²) in [5.74, 6) is -1.53. The maximum atomic E-state index is 14.2. The van der Waals surface area contributed by atoms with Crippen LogP contribution in [0.5, 0.6) is 0 Å². The highest BCUT2D eigenvalue weighted by atomic mass is 79.9. The Balaban J connectivity index is 2.34. The van der Waals surface area contributed by atoms with Crippen LogP contribution in [0.2, 0.25) is 5.02 Å². The Kier molecular flexibility index (Phi) is 4.19. The molecule has 0 unspecified atom stereocenters. The Bertz CT molecular complexity index is 911. The molecule has 0 fully saturated rings. The van der Waals surface area contributed by atoms with Gasteiger partial charge in [0.15, 0.2) is 5.69 Å². The van der Waals surface area contributed by atoms with Gasteiger partial charge in [-0.2, -0.15) is 0 Å². The molecule has 0 bridgehead atoms. The van der Waals surface area contributed by atoms with E-state index in [0.717, 1.165) is 0 Å². The highest BCUT2D eigenvalue weighted by molar-refractivity contribution is 9.10. The van der Waals surface area contributed by atoms with Crippen LogP contribution in [0.4, 0.5) is 4.39 Å². The summed E-state index contributed by atoms with van der Waals surface area (Å²) in [6.45, 7) is 0. The van der Waals surface area contributed by atoms with Gasteiger partial charge in [0.25, 0.3) is 0 Å². The molecule has 0 aliphatic rings. The number of aromatic nitrogens is 2. The molecule has 4 nitrogen and oxygen atoms in total. The quantitative estimate of drug-likeness (QED) is 0.693. The standard InChI is InChI=1S/C16H9BrClFN2O2/c17-14-13(16(22)23)20-15(11-6-1-2-7-12(11)19)21(14)10-5-3-4-9(18)8-10/h1-8H,(H,22,23). The lowest BCUT2D eigenvalue weighted by molar-refractivity contribution is 0.0690. The summed E-state index contributed by atoms with van der Waals surface area (Å²) in [6.07, 6.45) is 0. The first-order valence-corrected chi connectivity index (χ1v) is 7.68. The zero-order valence-electron chi connectivity index (χ0n) is 11.5. The molecule has 116 valence electrons. The van der Waals surface area contributed by atoms with Crippen molar-refractivity contribution in [3.8, 4) is 17.1 Å². The van der Waals surface area contributed by atoms with Crippen LogP contribution in [-0.2, 0) is 0 Å². The first-order chi connectivity index (χ1) is 11.0. The van der Waals surface area contributed by atoms with Crippen molar-refractivity contribution < 1.29 is 14.3 Å². The minimum Gasteiger partial charge on any atom is -0.476 e. The fourth-order valence-corrected chi connectivity index (χ4v) is 3.03. The van der Waals surface area contributed by atoms with E-state index in [1.54, 1.807) is 36.4 Å². The maximum Gasteiger partial charge on any atom is 0.357 e. The van der Waals surface area contributed by atoms with E-state index in [1.165, 1.54) is 16.7 Å². The second-order valence-corrected chi connectivity index (χ2v) is 5.86. The van der Waals surface area contributed by atoms with Crippen LogP contribution in [0.1, 0.15) is 10.5 Å². The van der Waals surface area contributed by atoms with E-state index in [0.29, 0.717) is 10.7 Å². The van der Waals surface area contributed by atoms with Crippen molar-refractivity contribution in [3.63, 3.8) is 0 Å². The minimum atomic E-state index is -1.21. The molecular weight excluding hydrogens is 387 g/mol. The third-order valence-corrected chi connectivity index (χ3v) is 4.17. The average Bonchev–Trinajstić information content (AvgIpc) is 2.85. The number of carbonyl (C=O) groups is 1. The molecule has 0 saturated heterocycles. The Labute approximate surface area is 144 Å². The van der Waals surface area contributed by atoms with Gasteiger partial charge in [-0.3, -0.25) is 4.57 Å². The number of halogens is 3. The van der Waals surface area contributed by atoms with Crippen LogP contribution in [0, 0.1) is 5.82 Å². The molecule has 0 aliphatic carbocycles. The Morgan fingerprint density at radius 3 is 2.61 bits per heavy atom. The number of carboxylic acids is 1. The van der Waals surface area contributed by atoms with Crippen LogP contribution < -0.4 is 0 Å². The summed E-state index contributed by atoms with van der Waals surface area (Å²) in [5.41, 5.74) is 0.562. The van der Waals surface area contributed by atoms with Crippen molar-refractivity contribution in [1.82, 2.24) is 9.55 Å². The summed E-state index contributed by atoms with van der Waals surface area (Å²) in [6, 6.07) is 12.8. The van der Waals surface area contributed by atoms with E-state index in [1.807, 2.05) is 0 Å². The topological polar surface area (TPSA) is 55.1 Å². The van der Waals surface area contributed by atoms with Gasteiger partial charge >= 0.3 is 5.97 Å². The molecule has 1 heterocycles. The monoisotopic (exact) mass is 394 g/mol. The summed E-state index contributed by atoms with van der Waals surface area (Å²) in [4.78, 5) is 15.5. The molecule has 1 aromatic heterocycles. The molecule has 0 saturated carbocycles. The Morgan fingerprint density at radius 2 is 1.96 bits per heavy atom. The molecule has 3 rings (SSSR count). The summed E-state index contributed by atoms with van der Waals surface area (Å²) in [5, 5.41) is 9.77. The van der Waals surface area contributed by atoms with Crippen molar-refractivity contribution in [2.24, 2.45) is 0 Å². The number of aromatic carboxylic acids is 1. The summed E-state index contributed by atoms with van der Waals surface area (Å²) >= 11 is 9.25. The van der Waals surface area contributed by atoms with E-state index in [-0.39, 0.29) is 21.7 Å². The summed E-state index contributed by atoms with van der Waals surface area (Å²) < 4.78 is 15.9.